The van der Waals surface area contributed by atoms with Crippen molar-refractivity contribution in [2.24, 2.45) is 17.6 Å². The number of para-hydroxylation sites is 1. The van der Waals surface area contributed by atoms with Crippen LogP contribution in [0.2, 0.25) is 0 Å². The summed E-state index contributed by atoms with van der Waals surface area (Å²) in [5.41, 5.74) is 9.52. The molecular weight excluding hydrogens is 346 g/mol. The molecule has 4 rings (SSSR count). The Hall–Kier alpha value is -1.36. The smallest absolute Gasteiger partial charge is 0.0706 e. The Morgan fingerprint density at radius 1 is 1.00 bits per heavy atom. The number of nitrogens with zero attached hydrogens (tertiary/aromatic N) is 2. The van der Waals surface area contributed by atoms with Crippen molar-refractivity contribution in [3.8, 4) is 0 Å². The molecule has 0 bridgehead atoms. The van der Waals surface area contributed by atoms with E-state index in [1.165, 1.54) is 62.5 Å². The molecule has 1 aliphatic carbocycles. The molecule has 2 heterocycles. The normalized spacial score (nSPS) is 25.0. The van der Waals surface area contributed by atoms with Crippen molar-refractivity contribution in [2.75, 3.05) is 13.1 Å². The molecule has 3 N–H and O–H groups in total. The quantitative estimate of drug-likeness (QED) is 0.802. The molecule has 28 heavy (non-hydrogen) atoms. The zero-order valence-electron chi connectivity index (χ0n) is 17.6. The summed E-state index contributed by atoms with van der Waals surface area (Å²) in [6, 6.07) is 9.75. The third-order valence-electron chi connectivity index (χ3n) is 7.54. The van der Waals surface area contributed by atoms with E-state index in [0.29, 0.717) is 12.6 Å². The first-order valence-corrected chi connectivity index (χ1v) is 11.3. The SMILES string of the molecule is CC(C)[C@H]1CC[C@@H](N2CCC(n3c(CN)c(CO)c4ccccc43)CC2)CC1. The van der Waals surface area contributed by atoms with Crippen LogP contribution >= 0.6 is 0 Å². The Bertz CT molecular complexity index is 780. The van der Waals surface area contributed by atoms with Gasteiger partial charge in [0, 0.05) is 53.9 Å². The van der Waals surface area contributed by atoms with Gasteiger partial charge in [-0.15, -0.1) is 0 Å². The lowest BCUT2D eigenvalue weighted by atomic mass is 9.79. The monoisotopic (exact) mass is 383 g/mol. The molecule has 1 aromatic heterocycles. The van der Waals surface area contributed by atoms with E-state index < -0.39 is 0 Å². The van der Waals surface area contributed by atoms with Crippen molar-refractivity contribution in [2.45, 2.75) is 77.6 Å². The van der Waals surface area contributed by atoms with Gasteiger partial charge in [0.05, 0.1) is 6.61 Å². The lowest BCUT2D eigenvalue weighted by Crippen LogP contribution is -2.44. The fraction of sp³-hybridized carbons (Fsp3) is 0.667. The third kappa shape index (κ3) is 3.62. The van der Waals surface area contributed by atoms with Crippen LogP contribution in [-0.2, 0) is 13.2 Å². The van der Waals surface area contributed by atoms with E-state index >= 15 is 0 Å². The molecule has 0 amide bonds. The Morgan fingerprint density at radius 3 is 2.29 bits per heavy atom. The van der Waals surface area contributed by atoms with Gasteiger partial charge in [-0.05, 0) is 56.4 Å². The van der Waals surface area contributed by atoms with Gasteiger partial charge in [0.25, 0.3) is 0 Å². The fourth-order valence-electron chi connectivity index (χ4n) is 5.84. The predicted octanol–water partition coefficient (Wildman–Crippen LogP) is 4.44. The highest BCUT2D eigenvalue weighted by Gasteiger charge is 2.31. The van der Waals surface area contributed by atoms with Crippen LogP contribution in [0.4, 0.5) is 0 Å². The second-order valence-corrected chi connectivity index (χ2v) is 9.25. The summed E-state index contributed by atoms with van der Waals surface area (Å²) in [6.07, 6.45) is 7.93. The van der Waals surface area contributed by atoms with E-state index in [4.69, 9.17) is 5.73 Å². The number of rotatable bonds is 5. The molecule has 1 aliphatic heterocycles. The van der Waals surface area contributed by atoms with Gasteiger partial charge in [-0.2, -0.15) is 0 Å². The number of aliphatic hydroxyl groups is 1. The van der Waals surface area contributed by atoms with Gasteiger partial charge in [0.1, 0.15) is 0 Å². The largest absolute Gasteiger partial charge is 0.392 e. The number of nitrogens with two attached hydrogens (primary N) is 1. The number of aromatic nitrogens is 1. The molecule has 0 radical (unpaired) electrons. The Morgan fingerprint density at radius 2 is 1.68 bits per heavy atom. The minimum Gasteiger partial charge on any atom is -0.392 e. The van der Waals surface area contributed by atoms with Crippen molar-refractivity contribution in [1.82, 2.24) is 9.47 Å². The topological polar surface area (TPSA) is 54.4 Å². The molecule has 0 atom stereocenters. The highest BCUT2D eigenvalue weighted by atomic mass is 16.3. The standard InChI is InChI=1S/C24H37N3O/c1-17(2)18-7-9-19(10-8-18)26-13-11-20(12-14-26)27-23-6-4-3-5-21(23)22(16-28)24(27)15-25/h3-6,17-20,28H,7-16,25H2,1-2H3/t18-,19+. The lowest BCUT2D eigenvalue weighted by Gasteiger charge is -2.42. The number of benzene rings is 1. The van der Waals surface area contributed by atoms with Crippen LogP contribution in [0.25, 0.3) is 10.9 Å². The average molecular weight is 384 g/mol. The van der Waals surface area contributed by atoms with Gasteiger partial charge < -0.3 is 20.3 Å². The zero-order valence-corrected chi connectivity index (χ0v) is 17.6. The predicted molar refractivity (Wildman–Crippen MR) is 116 cm³/mol. The van der Waals surface area contributed by atoms with Crippen molar-refractivity contribution >= 4 is 10.9 Å². The Balaban J connectivity index is 1.47. The first kappa shape index (κ1) is 19.9. The van der Waals surface area contributed by atoms with E-state index in [9.17, 15) is 5.11 Å². The minimum atomic E-state index is 0.0674. The fourth-order valence-corrected chi connectivity index (χ4v) is 5.84. The molecule has 1 aromatic carbocycles. The number of hydrogen-bond acceptors (Lipinski definition) is 3. The van der Waals surface area contributed by atoms with Crippen molar-refractivity contribution < 1.29 is 5.11 Å². The second-order valence-electron chi connectivity index (χ2n) is 9.25. The number of hydrogen-bond donors (Lipinski definition) is 2. The molecule has 154 valence electrons. The molecule has 2 aliphatic rings. The number of fused-ring (bicyclic) bond motifs is 1. The van der Waals surface area contributed by atoms with Crippen LogP contribution in [-0.4, -0.2) is 33.7 Å². The maximum Gasteiger partial charge on any atom is 0.0706 e. The summed E-state index contributed by atoms with van der Waals surface area (Å²) in [7, 11) is 0. The average Bonchev–Trinajstić information content (AvgIpc) is 3.07. The van der Waals surface area contributed by atoms with Gasteiger partial charge in [-0.1, -0.05) is 32.0 Å². The van der Waals surface area contributed by atoms with Crippen LogP contribution in [0.1, 0.15) is 69.7 Å². The summed E-state index contributed by atoms with van der Waals surface area (Å²) >= 11 is 0. The van der Waals surface area contributed by atoms with E-state index in [1.54, 1.807) is 0 Å². The van der Waals surface area contributed by atoms with Gasteiger partial charge in [-0.3, -0.25) is 0 Å². The number of aliphatic hydroxyl groups excluding tert-OH is 1. The maximum atomic E-state index is 9.95. The van der Waals surface area contributed by atoms with Crippen molar-refractivity contribution in [3.05, 3.63) is 35.5 Å². The Labute approximate surface area is 169 Å². The summed E-state index contributed by atoms with van der Waals surface area (Å²) in [5.74, 6) is 1.77. The maximum absolute atomic E-state index is 9.95. The lowest BCUT2D eigenvalue weighted by molar-refractivity contribution is 0.0889. The number of likely N-dealkylation sites (tertiary alicyclic amines) is 1. The molecule has 1 saturated carbocycles. The third-order valence-corrected chi connectivity index (χ3v) is 7.54. The highest BCUT2D eigenvalue weighted by Crippen LogP contribution is 2.37. The second kappa shape index (κ2) is 8.56. The van der Waals surface area contributed by atoms with Crippen LogP contribution in [0.15, 0.2) is 24.3 Å². The van der Waals surface area contributed by atoms with Gasteiger partial charge in [-0.25, -0.2) is 0 Å². The Kier molecular flexibility index (Phi) is 6.10. The molecular formula is C24H37N3O. The zero-order chi connectivity index (χ0) is 19.7. The molecule has 4 nitrogen and oxygen atoms in total. The molecule has 1 saturated heterocycles. The summed E-state index contributed by atoms with van der Waals surface area (Å²) in [5, 5.41) is 11.1. The van der Waals surface area contributed by atoms with Crippen LogP contribution in [0.3, 0.4) is 0 Å². The van der Waals surface area contributed by atoms with Crippen LogP contribution < -0.4 is 5.73 Å². The summed E-state index contributed by atoms with van der Waals surface area (Å²) in [4.78, 5) is 2.76. The van der Waals surface area contributed by atoms with E-state index in [1.807, 2.05) is 0 Å². The van der Waals surface area contributed by atoms with E-state index in [-0.39, 0.29) is 6.61 Å². The molecule has 4 heteroatoms. The van der Waals surface area contributed by atoms with Crippen LogP contribution in [0, 0.1) is 11.8 Å². The van der Waals surface area contributed by atoms with E-state index in [2.05, 4.69) is 47.6 Å². The minimum absolute atomic E-state index is 0.0674. The van der Waals surface area contributed by atoms with Gasteiger partial charge in [0.15, 0.2) is 0 Å². The van der Waals surface area contributed by atoms with E-state index in [0.717, 1.165) is 29.1 Å². The summed E-state index contributed by atoms with van der Waals surface area (Å²) < 4.78 is 2.45. The highest BCUT2D eigenvalue weighted by molar-refractivity contribution is 5.85. The van der Waals surface area contributed by atoms with Gasteiger partial charge in [0.2, 0.25) is 0 Å². The molecule has 2 fully saturated rings. The van der Waals surface area contributed by atoms with Crippen LogP contribution in [0.5, 0.6) is 0 Å². The summed E-state index contributed by atoms with van der Waals surface area (Å²) in [6.45, 7) is 7.70. The molecule has 0 unspecified atom stereocenters. The molecule has 0 spiro atoms. The first-order chi connectivity index (χ1) is 13.6. The van der Waals surface area contributed by atoms with Crippen molar-refractivity contribution in [1.29, 1.82) is 0 Å². The number of piperidine rings is 1. The first-order valence-electron chi connectivity index (χ1n) is 11.3. The van der Waals surface area contributed by atoms with Gasteiger partial charge >= 0.3 is 0 Å². The van der Waals surface area contributed by atoms with Crippen molar-refractivity contribution in [3.63, 3.8) is 0 Å². The molecule has 2 aromatic rings.